The lowest BCUT2D eigenvalue weighted by molar-refractivity contribution is -0.133. The number of para-hydroxylation sites is 1. The van der Waals surface area contributed by atoms with Gasteiger partial charge in [0.15, 0.2) is 0 Å². The average Bonchev–Trinajstić information content (AvgIpc) is 3.58. The third-order valence-electron chi connectivity index (χ3n) is 6.68. The number of fused-ring (bicyclic) bond motifs is 2. The molecule has 2 aliphatic heterocycles. The number of aromatic amines is 1. The monoisotopic (exact) mass is 476 g/mol. The third-order valence-corrected chi connectivity index (χ3v) is 7.39. The van der Waals surface area contributed by atoms with Crippen LogP contribution in [-0.4, -0.2) is 45.3 Å². The molecule has 0 spiro atoms. The number of nitrogens with one attached hydrogen (secondary N) is 1. The maximum absolute atomic E-state index is 13.6. The Kier molecular flexibility index (Phi) is 5.55. The molecule has 1 fully saturated rings. The Labute approximate surface area is 201 Å². The number of rotatable bonds is 4. The number of amides is 1. The molecule has 4 heterocycles. The van der Waals surface area contributed by atoms with Gasteiger partial charge in [-0.05, 0) is 53.9 Å². The Morgan fingerprint density at radius 3 is 3.03 bits per heavy atom. The Morgan fingerprint density at radius 2 is 2.15 bits per heavy atom. The molecule has 1 N–H and O–H groups in total. The summed E-state index contributed by atoms with van der Waals surface area (Å²) >= 11 is 1.65. The van der Waals surface area contributed by atoms with Crippen molar-refractivity contribution in [2.75, 3.05) is 19.6 Å². The first kappa shape index (κ1) is 21.3. The number of ether oxygens (including phenoxy) is 1. The molecule has 174 valence electrons. The van der Waals surface area contributed by atoms with Gasteiger partial charge in [-0.15, -0.1) is 0 Å². The van der Waals surface area contributed by atoms with Crippen molar-refractivity contribution in [1.82, 2.24) is 19.8 Å². The second-order valence-corrected chi connectivity index (χ2v) is 9.75. The minimum absolute atomic E-state index is 0.0811. The van der Waals surface area contributed by atoms with E-state index in [0.29, 0.717) is 31.7 Å². The van der Waals surface area contributed by atoms with Gasteiger partial charge in [-0.25, -0.2) is 9.37 Å². The summed E-state index contributed by atoms with van der Waals surface area (Å²) in [5, 5.41) is 4.17. The van der Waals surface area contributed by atoms with E-state index in [1.54, 1.807) is 17.4 Å². The van der Waals surface area contributed by atoms with Gasteiger partial charge >= 0.3 is 0 Å². The molecule has 8 heteroatoms. The van der Waals surface area contributed by atoms with Crippen LogP contribution in [0.5, 0.6) is 5.75 Å². The molecule has 0 bridgehead atoms. The van der Waals surface area contributed by atoms with Crippen LogP contribution >= 0.6 is 11.3 Å². The first-order valence-corrected chi connectivity index (χ1v) is 12.5. The summed E-state index contributed by atoms with van der Waals surface area (Å²) < 4.78 is 20.0. The fraction of sp³-hybridized carbons (Fsp3) is 0.308. The number of thiophene rings is 1. The van der Waals surface area contributed by atoms with Crippen LogP contribution in [-0.2, 0) is 11.3 Å². The van der Waals surface area contributed by atoms with Gasteiger partial charge in [0.05, 0.1) is 23.6 Å². The number of aromatic nitrogens is 2. The van der Waals surface area contributed by atoms with Crippen LogP contribution < -0.4 is 4.74 Å². The zero-order chi connectivity index (χ0) is 23.1. The summed E-state index contributed by atoms with van der Waals surface area (Å²) in [4.78, 5) is 25.5. The van der Waals surface area contributed by atoms with E-state index < -0.39 is 0 Å². The summed E-state index contributed by atoms with van der Waals surface area (Å²) in [6.45, 7) is 2.30. The minimum Gasteiger partial charge on any atom is -0.484 e. The molecular formula is C26H25FN4O2S. The molecule has 0 radical (unpaired) electrons. The highest BCUT2D eigenvalue weighted by atomic mass is 32.1. The standard InChI is InChI=1S/C26H25FN4O2S/c27-19-7-8-20-21(12-19)29-26(28-20)22-5-3-10-31(22)25(32)15-30-13-17-4-1-2-6-23(17)33-24(14-30)18-9-11-34-16-18/h1-2,4,6-9,11-12,16,22,24H,3,5,10,13-15H2,(H,28,29)/t22-,24-/m1/s1. The van der Waals surface area contributed by atoms with Gasteiger partial charge in [-0.2, -0.15) is 11.3 Å². The number of hydrogen-bond donors (Lipinski definition) is 1. The number of halogens is 1. The van der Waals surface area contributed by atoms with E-state index in [2.05, 4.69) is 37.8 Å². The molecule has 34 heavy (non-hydrogen) atoms. The van der Waals surface area contributed by atoms with Gasteiger partial charge in [-0.3, -0.25) is 9.69 Å². The van der Waals surface area contributed by atoms with Gasteiger partial charge in [0.2, 0.25) is 5.91 Å². The van der Waals surface area contributed by atoms with Crippen LogP contribution in [0.2, 0.25) is 0 Å². The molecule has 1 saturated heterocycles. The number of imidazole rings is 1. The molecule has 1 amide bonds. The third kappa shape index (κ3) is 4.08. The van der Waals surface area contributed by atoms with Gasteiger partial charge in [0.25, 0.3) is 0 Å². The maximum Gasteiger partial charge on any atom is 0.237 e. The van der Waals surface area contributed by atoms with E-state index in [1.165, 1.54) is 12.1 Å². The molecular weight excluding hydrogens is 451 g/mol. The summed E-state index contributed by atoms with van der Waals surface area (Å²) in [7, 11) is 0. The minimum atomic E-state index is -0.300. The SMILES string of the molecule is O=C(CN1Cc2ccccc2O[C@@H](c2ccsc2)C1)N1CCC[C@@H]1c1nc2ccc(F)cc2[nH]1. The number of likely N-dealkylation sites (tertiary alicyclic amines) is 1. The average molecular weight is 477 g/mol. The molecule has 6 rings (SSSR count). The zero-order valence-corrected chi connectivity index (χ0v) is 19.4. The second-order valence-electron chi connectivity index (χ2n) is 8.97. The van der Waals surface area contributed by atoms with Gasteiger partial charge in [-0.1, -0.05) is 18.2 Å². The molecule has 0 saturated carbocycles. The van der Waals surface area contributed by atoms with Crippen LogP contribution in [0.3, 0.4) is 0 Å². The Morgan fingerprint density at radius 1 is 1.24 bits per heavy atom. The lowest BCUT2D eigenvalue weighted by atomic mass is 10.1. The normalized spacial score (nSPS) is 20.8. The largest absolute Gasteiger partial charge is 0.484 e. The number of carbonyl (C=O) groups excluding carboxylic acids is 1. The molecule has 0 unspecified atom stereocenters. The van der Waals surface area contributed by atoms with E-state index in [1.807, 2.05) is 23.1 Å². The van der Waals surface area contributed by atoms with Crippen LogP contribution in [0.1, 0.15) is 41.9 Å². The molecule has 2 aromatic heterocycles. The molecule has 2 aromatic carbocycles. The number of nitrogens with zero attached hydrogens (tertiary/aromatic N) is 3. The number of hydrogen-bond acceptors (Lipinski definition) is 5. The molecule has 4 aromatic rings. The van der Waals surface area contributed by atoms with E-state index in [4.69, 9.17) is 4.74 Å². The van der Waals surface area contributed by atoms with Crippen LogP contribution in [0.25, 0.3) is 11.0 Å². The van der Waals surface area contributed by atoms with Crippen molar-refractivity contribution in [3.05, 3.63) is 82.1 Å². The quantitative estimate of drug-likeness (QED) is 0.447. The van der Waals surface area contributed by atoms with Gasteiger partial charge in [0.1, 0.15) is 23.5 Å². The van der Waals surface area contributed by atoms with E-state index >= 15 is 0 Å². The maximum atomic E-state index is 13.6. The van der Waals surface area contributed by atoms with Crippen molar-refractivity contribution in [3.8, 4) is 5.75 Å². The molecule has 2 aliphatic rings. The van der Waals surface area contributed by atoms with Crippen molar-refractivity contribution >= 4 is 28.3 Å². The van der Waals surface area contributed by atoms with E-state index in [9.17, 15) is 9.18 Å². The lowest BCUT2D eigenvalue weighted by Crippen LogP contribution is -2.41. The predicted molar refractivity (Wildman–Crippen MR) is 129 cm³/mol. The van der Waals surface area contributed by atoms with Crippen molar-refractivity contribution in [2.45, 2.75) is 31.5 Å². The molecule has 6 nitrogen and oxygen atoms in total. The Hall–Kier alpha value is -3.23. The Bertz CT molecular complexity index is 1320. The molecule has 0 aliphatic carbocycles. The van der Waals surface area contributed by atoms with Crippen molar-refractivity contribution in [3.63, 3.8) is 0 Å². The topological polar surface area (TPSA) is 61.5 Å². The lowest BCUT2D eigenvalue weighted by Gasteiger charge is -2.28. The van der Waals surface area contributed by atoms with Crippen LogP contribution in [0.15, 0.2) is 59.3 Å². The highest BCUT2D eigenvalue weighted by molar-refractivity contribution is 7.07. The summed E-state index contributed by atoms with van der Waals surface area (Å²) in [5.74, 6) is 1.39. The first-order chi connectivity index (χ1) is 16.6. The van der Waals surface area contributed by atoms with Crippen molar-refractivity contribution in [1.29, 1.82) is 0 Å². The smallest absolute Gasteiger partial charge is 0.237 e. The van der Waals surface area contributed by atoms with E-state index in [0.717, 1.165) is 41.1 Å². The summed E-state index contributed by atoms with van der Waals surface area (Å²) in [6.07, 6.45) is 1.64. The van der Waals surface area contributed by atoms with E-state index in [-0.39, 0.29) is 23.9 Å². The fourth-order valence-electron chi connectivity index (χ4n) is 5.02. The second kappa shape index (κ2) is 8.85. The highest BCUT2D eigenvalue weighted by Crippen LogP contribution is 2.34. The Balaban J connectivity index is 1.23. The van der Waals surface area contributed by atoms with Gasteiger partial charge < -0.3 is 14.6 Å². The number of benzene rings is 2. The van der Waals surface area contributed by atoms with Crippen molar-refractivity contribution < 1.29 is 13.9 Å². The van der Waals surface area contributed by atoms with Gasteiger partial charge in [0, 0.05) is 30.8 Å². The fourth-order valence-corrected chi connectivity index (χ4v) is 5.72. The van der Waals surface area contributed by atoms with Crippen LogP contribution in [0, 0.1) is 5.82 Å². The predicted octanol–water partition coefficient (Wildman–Crippen LogP) is 5.06. The summed E-state index contributed by atoms with van der Waals surface area (Å²) in [6, 6.07) is 14.6. The highest BCUT2D eigenvalue weighted by Gasteiger charge is 2.34. The first-order valence-electron chi connectivity index (χ1n) is 11.6. The summed E-state index contributed by atoms with van der Waals surface area (Å²) in [5.41, 5.74) is 3.60. The molecule has 2 atom stereocenters. The van der Waals surface area contributed by atoms with Crippen LogP contribution in [0.4, 0.5) is 4.39 Å². The number of H-pyrrole nitrogens is 1. The number of carbonyl (C=O) groups is 1. The van der Waals surface area contributed by atoms with Crippen molar-refractivity contribution in [2.24, 2.45) is 0 Å². The zero-order valence-electron chi connectivity index (χ0n) is 18.6.